The quantitative estimate of drug-likeness (QED) is 0.367. The van der Waals surface area contributed by atoms with Gasteiger partial charge >= 0.3 is 5.97 Å². The van der Waals surface area contributed by atoms with Gasteiger partial charge in [-0.2, -0.15) is 0 Å². The number of benzene rings is 3. The van der Waals surface area contributed by atoms with E-state index in [1.807, 2.05) is 31.2 Å². The lowest BCUT2D eigenvalue weighted by atomic mass is 10.1. The second kappa shape index (κ2) is 9.29. The molecule has 0 fully saturated rings. The first-order valence-electron chi connectivity index (χ1n) is 8.80. The van der Waals surface area contributed by atoms with Gasteiger partial charge in [0, 0.05) is 0 Å². The van der Waals surface area contributed by atoms with E-state index in [0.29, 0.717) is 34.7 Å². The molecule has 0 N–H and O–H groups in total. The van der Waals surface area contributed by atoms with Crippen molar-refractivity contribution < 1.29 is 19.0 Å². The van der Waals surface area contributed by atoms with Crippen molar-refractivity contribution in [2.24, 2.45) is 0 Å². The van der Waals surface area contributed by atoms with Crippen LogP contribution in [0.15, 0.2) is 59.1 Å². The Morgan fingerprint density at radius 2 is 1.89 bits per heavy atom. The van der Waals surface area contributed by atoms with E-state index >= 15 is 0 Å². The lowest BCUT2D eigenvalue weighted by molar-refractivity contribution is 0.0556. The van der Waals surface area contributed by atoms with Crippen molar-refractivity contribution in [3.05, 3.63) is 70.2 Å². The number of esters is 1. The van der Waals surface area contributed by atoms with Gasteiger partial charge in [-0.3, -0.25) is 0 Å². The minimum Gasteiger partial charge on any atom is -0.490 e. The van der Waals surface area contributed by atoms with E-state index in [0.717, 1.165) is 16.3 Å². The summed E-state index contributed by atoms with van der Waals surface area (Å²) in [4.78, 5) is 12.1. The van der Waals surface area contributed by atoms with Crippen LogP contribution in [-0.4, -0.2) is 19.2 Å². The van der Waals surface area contributed by atoms with Gasteiger partial charge in [0.2, 0.25) is 0 Å². The average molecular weight is 439 g/mol. The highest BCUT2D eigenvalue weighted by molar-refractivity contribution is 9.10. The highest BCUT2D eigenvalue weighted by Gasteiger charge is 2.17. The molecule has 0 radical (unpaired) electrons. The fourth-order valence-electron chi connectivity index (χ4n) is 2.85. The smallest absolute Gasteiger partial charge is 0.339 e. The molecule has 4 nitrogen and oxygen atoms in total. The Morgan fingerprint density at radius 1 is 1.11 bits per heavy atom. The van der Waals surface area contributed by atoms with Crippen LogP contribution in [0.1, 0.15) is 22.8 Å². The summed E-state index contributed by atoms with van der Waals surface area (Å²) < 4.78 is 17.4. The van der Waals surface area contributed by atoms with Crippen molar-refractivity contribution >= 4 is 32.7 Å². The summed E-state index contributed by atoms with van der Waals surface area (Å²) in [7, 11) is 0. The summed E-state index contributed by atoms with van der Waals surface area (Å²) in [5.74, 6) is 2.76. The summed E-state index contributed by atoms with van der Waals surface area (Å²) in [6, 6.07) is 17.5. The van der Waals surface area contributed by atoms with Crippen LogP contribution in [0, 0.1) is 12.3 Å². The zero-order valence-corrected chi connectivity index (χ0v) is 17.0. The van der Waals surface area contributed by atoms with Crippen LogP contribution < -0.4 is 9.47 Å². The van der Waals surface area contributed by atoms with Crippen LogP contribution in [0.2, 0.25) is 0 Å². The molecule has 0 amide bonds. The average Bonchev–Trinajstić information content (AvgIpc) is 2.71. The Labute approximate surface area is 172 Å². The van der Waals surface area contributed by atoms with Crippen molar-refractivity contribution in [3.8, 4) is 23.8 Å². The summed E-state index contributed by atoms with van der Waals surface area (Å²) in [6.07, 6.45) is 5.14. The Hall–Kier alpha value is -2.97. The molecule has 0 aliphatic rings. The largest absolute Gasteiger partial charge is 0.490 e. The molecule has 0 aliphatic carbocycles. The van der Waals surface area contributed by atoms with Gasteiger partial charge in [-0.1, -0.05) is 48.4 Å². The van der Waals surface area contributed by atoms with Crippen LogP contribution in [0.4, 0.5) is 0 Å². The molecule has 0 aliphatic heterocycles. The number of rotatable bonds is 7. The molecule has 0 bridgehead atoms. The number of ether oxygens (including phenoxy) is 3. The van der Waals surface area contributed by atoms with Crippen molar-refractivity contribution in [2.75, 3.05) is 13.2 Å². The first kappa shape index (κ1) is 19.8. The molecule has 0 aromatic heterocycles. The van der Waals surface area contributed by atoms with Crippen molar-refractivity contribution in [1.82, 2.24) is 0 Å². The van der Waals surface area contributed by atoms with Crippen LogP contribution in [0.5, 0.6) is 11.5 Å². The van der Waals surface area contributed by atoms with E-state index < -0.39 is 5.97 Å². The molecule has 142 valence electrons. The number of terminal acetylenes is 1. The summed E-state index contributed by atoms with van der Waals surface area (Å²) in [5, 5.41) is 2.29. The number of halogens is 1. The number of hydrogen-bond acceptors (Lipinski definition) is 4. The highest BCUT2D eigenvalue weighted by atomic mass is 79.9. The van der Waals surface area contributed by atoms with Crippen LogP contribution in [0.3, 0.4) is 0 Å². The predicted octanol–water partition coefficient (Wildman–Crippen LogP) is 5.37. The Kier molecular flexibility index (Phi) is 6.57. The first-order chi connectivity index (χ1) is 13.6. The number of carbonyl (C=O) groups excluding carboxylic acids is 1. The van der Waals surface area contributed by atoms with Crippen LogP contribution >= 0.6 is 15.9 Å². The predicted molar refractivity (Wildman–Crippen MR) is 113 cm³/mol. The summed E-state index contributed by atoms with van der Waals surface area (Å²) in [5.41, 5.74) is 1.40. The third kappa shape index (κ3) is 4.47. The normalized spacial score (nSPS) is 10.3. The number of fused-ring (bicyclic) bond motifs is 1. The zero-order valence-electron chi connectivity index (χ0n) is 15.4. The topological polar surface area (TPSA) is 44.8 Å². The SMILES string of the molecule is C#CCOC(=O)c1cc(Br)c(OCc2cccc3ccccc23)c(OCC)c1. The van der Waals surface area contributed by atoms with Gasteiger partial charge in [0.05, 0.1) is 16.6 Å². The molecule has 0 unspecified atom stereocenters. The number of hydrogen-bond donors (Lipinski definition) is 0. The van der Waals surface area contributed by atoms with Crippen LogP contribution in [0.25, 0.3) is 10.8 Å². The van der Waals surface area contributed by atoms with Crippen molar-refractivity contribution in [1.29, 1.82) is 0 Å². The van der Waals surface area contributed by atoms with Gasteiger partial charge in [-0.15, -0.1) is 6.42 Å². The van der Waals surface area contributed by atoms with Crippen molar-refractivity contribution in [3.63, 3.8) is 0 Å². The maximum Gasteiger partial charge on any atom is 0.339 e. The van der Waals surface area contributed by atoms with Gasteiger partial charge in [0.1, 0.15) is 6.61 Å². The lowest BCUT2D eigenvalue weighted by Gasteiger charge is -2.16. The second-order valence-corrected chi connectivity index (χ2v) is 6.78. The first-order valence-corrected chi connectivity index (χ1v) is 9.59. The van der Waals surface area contributed by atoms with E-state index in [2.05, 4.69) is 40.0 Å². The summed E-state index contributed by atoms with van der Waals surface area (Å²) >= 11 is 3.47. The molecule has 28 heavy (non-hydrogen) atoms. The lowest BCUT2D eigenvalue weighted by Crippen LogP contribution is -2.07. The van der Waals surface area contributed by atoms with Crippen molar-refractivity contribution in [2.45, 2.75) is 13.5 Å². The molecule has 5 heteroatoms. The minimum atomic E-state index is -0.514. The second-order valence-electron chi connectivity index (χ2n) is 5.93. The zero-order chi connectivity index (χ0) is 19.9. The number of carbonyl (C=O) groups is 1. The van der Waals surface area contributed by atoms with Gasteiger partial charge in [0.15, 0.2) is 18.1 Å². The molecule has 0 atom stereocenters. The molecule has 0 saturated heterocycles. The Bertz CT molecular complexity index is 1030. The molecule has 0 saturated carbocycles. The maximum atomic E-state index is 12.1. The fourth-order valence-corrected chi connectivity index (χ4v) is 3.40. The monoisotopic (exact) mass is 438 g/mol. The third-order valence-corrected chi connectivity index (χ3v) is 4.67. The van der Waals surface area contributed by atoms with Crippen LogP contribution in [-0.2, 0) is 11.3 Å². The molecular formula is C23H19BrO4. The standard InChI is InChI=1S/C23H19BrO4/c1-3-12-27-23(25)18-13-20(24)22(21(14-18)26-4-2)28-15-17-10-7-9-16-8-5-6-11-19(16)17/h1,5-11,13-14H,4,12,15H2,2H3. The summed E-state index contributed by atoms with van der Waals surface area (Å²) in [6.45, 7) is 2.58. The minimum absolute atomic E-state index is 0.0836. The van der Waals surface area contributed by atoms with E-state index in [4.69, 9.17) is 20.6 Å². The molecule has 3 aromatic carbocycles. The van der Waals surface area contributed by atoms with Gasteiger partial charge in [-0.25, -0.2) is 4.79 Å². The van der Waals surface area contributed by atoms with Gasteiger partial charge in [0.25, 0.3) is 0 Å². The van der Waals surface area contributed by atoms with Gasteiger partial charge < -0.3 is 14.2 Å². The Morgan fingerprint density at radius 3 is 2.68 bits per heavy atom. The maximum absolute atomic E-state index is 12.1. The van der Waals surface area contributed by atoms with E-state index in [-0.39, 0.29) is 6.61 Å². The van der Waals surface area contributed by atoms with E-state index in [1.54, 1.807) is 12.1 Å². The van der Waals surface area contributed by atoms with Gasteiger partial charge in [-0.05, 0) is 51.3 Å². The fraction of sp³-hybridized carbons (Fsp3) is 0.174. The molecular weight excluding hydrogens is 420 g/mol. The molecule has 0 heterocycles. The molecule has 0 spiro atoms. The van der Waals surface area contributed by atoms with E-state index in [9.17, 15) is 4.79 Å². The molecule has 3 aromatic rings. The Balaban J connectivity index is 1.88. The van der Waals surface area contributed by atoms with E-state index in [1.165, 1.54) is 0 Å². The third-order valence-electron chi connectivity index (χ3n) is 4.08. The highest BCUT2D eigenvalue weighted by Crippen LogP contribution is 2.38. The molecule has 3 rings (SSSR count).